The monoisotopic (exact) mass is 515 g/mol. The number of fused-ring (bicyclic) bond motifs is 2. The maximum absolute atomic E-state index is 14.1. The molecule has 0 bridgehead atoms. The Hall–Kier alpha value is -5.76. The Kier molecular flexibility index (Phi) is 5.82. The summed E-state index contributed by atoms with van der Waals surface area (Å²) >= 11 is 0. The van der Waals surface area contributed by atoms with Gasteiger partial charge in [0, 0.05) is 24.2 Å². The molecular formula is C28H21N9O2. The van der Waals surface area contributed by atoms with E-state index in [1.165, 1.54) is 9.08 Å². The fraction of sp³-hybridized carbons (Fsp3) is 0.0714. The van der Waals surface area contributed by atoms with E-state index >= 15 is 0 Å². The number of para-hydroxylation sites is 1. The lowest BCUT2D eigenvalue weighted by molar-refractivity contribution is 0.0940. The summed E-state index contributed by atoms with van der Waals surface area (Å²) in [4.78, 5) is 36.5. The van der Waals surface area contributed by atoms with Crippen molar-refractivity contribution in [3.8, 4) is 17.5 Å². The molecule has 0 saturated heterocycles. The predicted octanol–water partition coefficient (Wildman–Crippen LogP) is 2.62. The van der Waals surface area contributed by atoms with Gasteiger partial charge in [-0.1, -0.05) is 36.1 Å². The first kappa shape index (κ1) is 23.6. The van der Waals surface area contributed by atoms with E-state index in [2.05, 4.69) is 37.4 Å². The number of anilines is 1. The molecule has 1 amide bonds. The number of rotatable bonds is 4. The number of aromatic nitrogens is 7. The molecule has 4 heterocycles. The number of nitrogens with one attached hydrogen (secondary N) is 2. The number of H-pyrrole nitrogens is 1. The topological polar surface area (TPSA) is 149 Å². The van der Waals surface area contributed by atoms with Crippen LogP contribution in [0.2, 0.25) is 0 Å². The minimum absolute atomic E-state index is 0.0474. The van der Waals surface area contributed by atoms with E-state index in [1.54, 1.807) is 68.1 Å². The van der Waals surface area contributed by atoms with Gasteiger partial charge in [0.15, 0.2) is 11.5 Å². The van der Waals surface area contributed by atoms with Crippen molar-refractivity contribution < 1.29 is 4.79 Å². The fourth-order valence-electron chi connectivity index (χ4n) is 4.38. The number of aromatic amines is 1. The molecular weight excluding hydrogens is 494 g/mol. The van der Waals surface area contributed by atoms with E-state index in [1.807, 2.05) is 18.2 Å². The van der Waals surface area contributed by atoms with Gasteiger partial charge in [0.25, 0.3) is 11.5 Å². The number of nitrogens with zero attached hydrogens (tertiary/aromatic N) is 6. The first-order chi connectivity index (χ1) is 19.0. The molecule has 2 aromatic carbocycles. The zero-order valence-electron chi connectivity index (χ0n) is 20.7. The molecule has 11 heteroatoms. The highest BCUT2D eigenvalue weighted by Crippen LogP contribution is 2.22. The molecule has 0 spiro atoms. The van der Waals surface area contributed by atoms with Crippen molar-refractivity contribution in [1.82, 2.24) is 39.7 Å². The molecule has 0 aliphatic heterocycles. The van der Waals surface area contributed by atoms with Crippen molar-refractivity contribution >= 4 is 28.3 Å². The van der Waals surface area contributed by atoms with Crippen molar-refractivity contribution in [1.29, 1.82) is 0 Å². The summed E-state index contributed by atoms with van der Waals surface area (Å²) in [5.41, 5.74) is 8.49. The largest absolute Gasteiger partial charge is 0.381 e. The Morgan fingerprint density at radius 1 is 1.10 bits per heavy atom. The molecule has 0 saturated carbocycles. The van der Waals surface area contributed by atoms with E-state index in [9.17, 15) is 9.59 Å². The maximum Gasteiger partial charge on any atom is 0.267 e. The summed E-state index contributed by atoms with van der Waals surface area (Å²) in [7, 11) is 0. The quantitative estimate of drug-likeness (QED) is 0.306. The SMILES string of the molecule is C[C@@H](NC(=O)c1c(N)nn2cccnc12)c1nc2cccc(C#Cc3cn[nH]c3)c2c(=O)n1-c1ccccc1. The first-order valence-corrected chi connectivity index (χ1v) is 12.0. The molecule has 4 N–H and O–H groups in total. The Morgan fingerprint density at radius 3 is 2.74 bits per heavy atom. The van der Waals surface area contributed by atoms with Gasteiger partial charge in [0.1, 0.15) is 11.4 Å². The van der Waals surface area contributed by atoms with E-state index < -0.39 is 11.9 Å². The van der Waals surface area contributed by atoms with Gasteiger partial charge in [-0.15, -0.1) is 5.10 Å². The average Bonchev–Trinajstić information content (AvgIpc) is 3.59. The summed E-state index contributed by atoms with van der Waals surface area (Å²) in [5, 5.41) is 14.1. The number of carbonyl (C=O) groups is 1. The number of carbonyl (C=O) groups excluding carboxylic acids is 1. The van der Waals surface area contributed by atoms with Crippen LogP contribution in [0.1, 0.15) is 40.3 Å². The van der Waals surface area contributed by atoms with E-state index in [0.717, 1.165) is 0 Å². The minimum Gasteiger partial charge on any atom is -0.381 e. The number of nitrogens with two attached hydrogens (primary N) is 1. The third-order valence-corrected chi connectivity index (χ3v) is 6.16. The minimum atomic E-state index is -0.687. The summed E-state index contributed by atoms with van der Waals surface area (Å²) in [6, 6.07) is 15.4. The van der Waals surface area contributed by atoms with Crippen molar-refractivity contribution in [2.45, 2.75) is 13.0 Å². The van der Waals surface area contributed by atoms with Crippen molar-refractivity contribution in [3.63, 3.8) is 0 Å². The Bertz CT molecular complexity index is 1960. The Morgan fingerprint density at radius 2 is 1.95 bits per heavy atom. The lowest BCUT2D eigenvalue weighted by Gasteiger charge is -2.20. The normalized spacial score (nSPS) is 11.7. The molecule has 0 aliphatic rings. The zero-order valence-corrected chi connectivity index (χ0v) is 20.7. The fourth-order valence-corrected chi connectivity index (χ4v) is 4.38. The van der Waals surface area contributed by atoms with Gasteiger partial charge >= 0.3 is 0 Å². The lowest BCUT2D eigenvalue weighted by Crippen LogP contribution is -2.33. The van der Waals surface area contributed by atoms with Crippen LogP contribution < -0.4 is 16.6 Å². The molecule has 0 fully saturated rings. The molecule has 4 aromatic heterocycles. The summed E-state index contributed by atoms with van der Waals surface area (Å²) in [5.74, 6) is 5.99. The molecule has 6 aromatic rings. The highest BCUT2D eigenvalue weighted by Gasteiger charge is 2.24. The van der Waals surface area contributed by atoms with E-state index in [0.29, 0.717) is 39.2 Å². The van der Waals surface area contributed by atoms with Crippen LogP contribution in [0, 0.1) is 11.8 Å². The van der Waals surface area contributed by atoms with Gasteiger partial charge in [-0.2, -0.15) is 5.10 Å². The number of nitrogen functional groups attached to an aromatic ring is 1. The number of benzene rings is 2. The number of amides is 1. The Labute approximate surface area is 221 Å². The summed E-state index contributed by atoms with van der Waals surface area (Å²) in [6.45, 7) is 1.75. The highest BCUT2D eigenvalue weighted by atomic mass is 16.2. The van der Waals surface area contributed by atoms with Crippen LogP contribution in [-0.2, 0) is 0 Å². The van der Waals surface area contributed by atoms with Gasteiger partial charge < -0.3 is 11.1 Å². The second kappa shape index (κ2) is 9.60. The first-order valence-electron chi connectivity index (χ1n) is 12.0. The van der Waals surface area contributed by atoms with Crippen LogP contribution >= 0.6 is 0 Å². The van der Waals surface area contributed by atoms with E-state index in [4.69, 9.17) is 10.7 Å². The molecule has 190 valence electrons. The second-order valence-corrected chi connectivity index (χ2v) is 8.73. The molecule has 1 atom stereocenters. The molecule has 0 unspecified atom stereocenters. The zero-order chi connectivity index (χ0) is 26.9. The van der Waals surface area contributed by atoms with Gasteiger partial charge in [-0.3, -0.25) is 19.3 Å². The van der Waals surface area contributed by atoms with Gasteiger partial charge in [-0.05, 0) is 37.3 Å². The van der Waals surface area contributed by atoms with Crippen molar-refractivity contribution in [2.75, 3.05) is 5.73 Å². The van der Waals surface area contributed by atoms with Gasteiger partial charge in [-0.25, -0.2) is 14.5 Å². The molecule has 39 heavy (non-hydrogen) atoms. The average molecular weight is 516 g/mol. The molecule has 0 aliphatic carbocycles. The third-order valence-electron chi connectivity index (χ3n) is 6.16. The van der Waals surface area contributed by atoms with Crippen molar-refractivity contribution in [2.24, 2.45) is 0 Å². The van der Waals surface area contributed by atoms with Crippen LogP contribution in [0.15, 0.2) is 84.2 Å². The van der Waals surface area contributed by atoms with Crippen LogP contribution in [-0.4, -0.2) is 40.3 Å². The molecule has 0 radical (unpaired) electrons. The van der Waals surface area contributed by atoms with Crippen LogP contribution in [0.4, 0.5) is 5.82 Å². The summed E-state index contributed by atoms with van der Waals surface area (Å²) in [6.07, 6.45) is 6.49. The van der Waals surface area contributed by atoms with Crippen LogP contribution in [0.3, 0.4) is 0 Å². The van der Waals surface area contributed by atoms with Crippen molar-refractivity contribution in [3.05, 3.63) is 112 Å². The van der Waals surface area contributed by atoms with Gasteiger partial charge in [0.05, 0.1) is 34.4 Å². The lowest BCUT2D eigenvalue weighted by atomic mass is 10.1. The second-order valence-electron chi connectivity index (χ2n) is 8.73. The van der Waals surface area contributed by atoms with Crippen LogP contribution in [0.5, 0.6) is 0 Å². The Balaban J connectivity index is 1.48. The number of hydrogen-bond donors (Lipinski definition) is 3. The summed E-state index contributed by atoms with van der Waals surface area (Å²) < 4.78 is 2.93. The number of hydrogen-bond acceptors (Lipinski definition) is 7. The third kappa shape index (κ3) is 4.25. The standard InChI is InChI=1S/C28H21N9O2/c1-17(33-27(38)23-24(29)35-36-14-6-13-30-26(23)36)25-34-21-10-5-7-19(12-11-18-15-31-32-16-18)22(21)28(39)37(25)20-8-3-2-4-9-20/h2-10,13-17H,1H3,(H2,29,35)(H,31,32)(H,33,38)/t17-/m1/s1. The van der Waals surface area contributed by atoms with Gasteiger partial charge in [0.2, 0.25) is 0 Å². The smallest absolute Gasteiger partial charge is 0.267 e. The molecule has 11 nitrogen and oxygen atoms in total. The highest BCUT2D eigenvalue weighted by molar-refractivity contribution is 6.04. The van der Waals surface area contributed by atoms with Crippen LogP contribution in [0.25, 0.3) is 22.2 Å². The maximum atomic E-state index is 14.1. The predicted molar refractivity (Wildman–Crippen MR) is 145 cm³/mol. The van der Waals surface area contributed by atoms with E-state index in [-0.39, 0.29) is 16.9 Å². The molecule has 6 rings (SSSR count).